The van der Waals surface area contributed by atoms with Crippen molar-refractivity contribution in [3.63, 3.8) is 0 Å². The number of hydrogen-bond acceptors (Lipinski definition) is 1. The van der Waals surface area contributed by atoms with Gasteiger partial charge in [-0.3, -0.25) is 0 Å². The normalized spacial score (nSPS) is 14.2. The molecule has 0 fully saturated rings. The van der Waals surface area contributed by atoms with Gasteiger partial charge in [-0.1, -0.05) is 45.7 Å². The van der Waals surface area contributed by atoms with Crippen molar-refractivity contribution in [2.24, 2.45) is 5.73 Å². The van der Waals surface area contributed by atoms with Gasteiger partial charge < -0.3 is 5.73 Å². The molecule has 2 rings (SSSR count). The summed E-state index contributed by atoms with van der Waals surface area (Å²) >= 11 is 12.0. The van der Waals surface area contributed by atoms with Gasteiger partial charge in [-0.15, -0.1) is 0 Å². The molecule has 0 radical (unpaired) electrons. The van der Waals surface area contributed by atoms with Crippen LogP contribution in [-0.4, -0.2) is 0 Å². The van der Waals surface area contributed by atoms with Crippen LogP contribution < -0.4 is 5.73 Å². The van der Waals surface area contributed by atoms with E-state index >= 15 is 0 Å². The quantitative estimate of drug-likeness (QED) is 0.645. The van der Waals surface area contributed by atoms with Gasteiger partial charge in [0, 0.05) is 18.6 Å². The fourth-order valence-electron chi connectivity index (χ4n) is 2.07. The Morgan fingerprint density at radius 1 is 1.21 bits per heavy atom. The Morgan fingerprint density at radius 2 is 1.84 bits per heavy atom. The van der Waals surface area contributed by atoms with Gasteiger partial charge in [-0.05, 0) is 71.3 Å². The maximum atomic E-state index is 6.46. The first-order valence-corrected chi connectivity index (χ1v) is 8.12. The van der Waals surface area contributed by atoms with Crippen molar-refractivity contribution < 1.29 is 0 Å². The molecule has 0 spiro atoms. The molecule has 1 unspecified atom stereocenters. The average Bonchev–Trinajstić information content (AvgIpc) is 2.31. The molecule has 0 bridgehead atoms. The van der Waals surface area contributed by atoms with Crippen LogP contribution in [0.15, 0.2) is 46.9 Å². The van der Waals surface area contributed by atoms with Crippen molar-refractivity contribution in [1.82, 2.24) is 0 Å². The van der Waals surface area contributed by atoms with Crippen molar-refractivity contribution in [3.05, 3.63) is 66.7 Å². The summed E-state index contributed by atoms with van der Waals surface area (Å²) in [5, 5.41) is 0.699. The molecule has 0 saturated carbocycles. The topological polar surface area (TPSA) is 26.0 Å². The maximum absolute atomic E-state index is 6.46. The second-order valence-electron chi connectivity index (χ2n) is 4.84. The van der Waals surface area contributed by atoms with Gasteiger partial charge in [0.25, 0.3) is 0 Å². The molecule has 19 heavy (non-hydrogen) atoms. The molecule has 2 N–H and O–H groups in total. The Kier molecular flexibility index (Phi) is 4.93. The zero-order chi connectivity index (χ0) is 14.0. The summed E-state index contributed by atoms with van der Waals surface area (Å²) in [6, 6.07) is 14.2. The fraction of sp³-hybridized carbons (Fsp3) is 0.200. The van der Waals surface area contributed by atoms with Crippen molar-refractivity contribution in [1.29, 1.82) is 0 Å². The number of rotatable bonds is 3. The number of benzene rings is 2. The largest absolute Gasteiger partial charge is 0.321 e. The predicted octanol–water partition coefficient (Wildman–Crippen LogP) is 5.12. The van der Waals surface area contributed by atoms with Gasteiger partial charge >= 0.3 is 0 Å². The SMILES string of the molecule is CC(N)(Cc1ccc(I)cc1)c1ccc(Br)cc1Cl. The molecule has 0 aliphatic heterocycles. The number of hydrogen-bond donors (Lipinski definition) is 1. The number of halogens is 3. The van der Waals surface area contributed by atoms with Crippen LogP contribution in [0.25, 0.3) is 0 Å². The molecular weight excluding hydrogens is 436 g/mol. The Balaban J connectivity index is 2.29. The molecule has 100 valence electrons. The third kappa shape index (κ3) is 3.94. The van der Waals surface area contributed by atoms with Crippen LogP contribution >= 0.6 is 50.1 Å². The second kappa shape index (κ2) is 6.12. The third-order valence-electron chi connectivity index (χ3n) is 3.03. The highest BCUT2D eigenvalue weighted by Crippen LogP contribution is 2.31. The lowest BCUT2D eigenvalue weighted by Crippen LogP contribution is -2.35. The van der Waals surface area contributed by atoms with Crippen LogP contribution in [0.1, 0.15) is 18.1 Å². The minimum atomic E-state index is -0.482. The van der Waals surface area contributed by atoms with Gasteiger partial charge in [-0.2, -0.15) is 0 Å². The standard InChI is InChI=1S/C15H14BrClIN/c1-15(19,9-10-2-5-12(18)6-3-10)13-7-4-11(16)8-14(13)17/h2-8H,9,19H2,1H3. The van der Waals surface area contributed by atoms with E-state index in [1.807, 2.05) is 25.1 Å². The van der Waals surface area contributed by atoms with Crippen LogP contribution in [0.4, 0.5) is 0 Å². The summed E-state index contributed by atoms with van der Waals surface area (Å²) in [6.45, 7) is 2.01. The zero-order valence-corrected chi connectivity index (χ0v) is 15.0. The Bertz CT molecular complexity index is 581. The Morgan fingerprint density at radius 3 is 2.42 bits per heavy atom. The summed E-state index contributed by atoms with van der Waals surface area (Å²) < 4.78 is 2.19. The molecule has 0 amide bonds. The van der Waals surface area contributed by atoms with Crippen molar-refractivity contribution >= 4 is 50.1 Å². The van der Waals surface area contributed by atoms with Crippen molar-refractivity contribution in [2.75, 3.05) is 0 Å². The molecule has 1 nitrogen and oxygen atoms in total. The van der Waals surface area contributed by atoms with Crippen LogP contribution in [0.5, 0.6) is 0 Å². The minimum Gasteiger partial charge on any atom is -0.321 e. The summed E-state index contributed by atoms with van der Waals surface area (Å²) in [4.78, 5) is 0. The molecular formula is C15H14BrClIN. The summed E-state index contributed by atoms with van der Waals surface area (Å²) in [6.07, 6.45) is 0.755. The molecule has 0 aliphatic rings. The van der Waals surface area contributed by atoms with E-state index in [0.29, 0.717) is 5.02 Å². The summed E-state index contributed by atoms with van der Waals surface area (Å²) in [5.41, 5.74) is 8.16. The van der Waals surface area contributed by atoms with Crippen LogP contribution in [-0.2, 0) is 12.0 Å². The second-order valence-corrected chi connectivity index (χ2v) is 7.41. The van der Waals surface area contributed by atoms with E-state index in [2.05, 4.69) is 62.8 Å². The molecule has 1 atom stereocenters. The van der Waals surface area contributed by atoms with E-state index in [0.717, 1.165) is 16.5 Å². The van der Waals surface area contributed by atoms with E-state index < -0.39 is 5.54 Å². The highest BCUT2D eigenvalue weighted by Gasteiger charge is 2.24. The maximum Gasteiger partial charge on any atom is 0.0467 e. The minimum absolute atomic E-state index is 0.482. The molecule has 4 heteroatoms. The van der Waals surface area contributed by atoms with Crippen molar-refractivity contribution in [2.45, 2.75) is 18.9 Å². The third-order valence-corrected chi connectivity index (χ3v) is 4.56. The fourth-order valence-corrected chi connectivity index (χ4v) is 3.32. The highest BCUT2D eigenvalue weighted by molar-refractivity contribution is 14.1. The van der Waals surface area contributed by atoms with Gasteiger partial charge in [0.2, 0.25) is 0 Å². The van der Waals surface area contributed by atoms with E-state index in [9.17, 15) is 0 Å². The molecule has 2 aromatic rings. The molecule has 0 aliphatic carbocycles. The molecule has 0 aromatic heterocycles. The first-order chi connectivity index (χ1) is 8.88. The van der Waals surface area contributed by atoms with Gasteiger partial charge in [-0.25, -0.2) is 0 Å². The number of nitrogens with two attached hydrogens (primary N) is 1. The van der Waals surface area contributed by atoms with Crippen LogP contribution in [0.2, 0.25) is 5.02 Å². The van der Waals surface area contributed by atoms with Gasteiger partial charge in [0.05, 0.1) is 0 Å². The predicted molar refractivity (Wildman–Crippen MR) is 93.6 cm³/mol. The first kappa shape index (κ1) is 15.3. The highest BCUT2D eigenvalue weighted by atomic mass is 127. The smallest absolute Gasteiger partial charge is 0.0467 e. The van der Waals surface area contributed by atoms with E-state index in [4.69, 9.17) is 17.3 Å². The zero-order valence-electron chi connectivity index (χ0n) is 10.5. The lowest BCUT2D eigenvalue weighted by atomic mass is 9.86. The van der Waals surface area contributed by atoms with Crippen LogP contribution in [0, 0.1) is 3.57 Å². The summed E-state index contributed by atoms with van der Waals surface area (Å²) in [5.74, 6) is 0. The van der Waals surface area contributed by atoms with Crippen molar-refractivity contribution in [3.8, 4) is 0 Å². The van der Waals surface area contributed by atoms with E-state index in [-0.39, 0.29) is 0 Å². The Labute approximate surface area is 140 Å². The molecule has 0 saturated heterocycles. The van der Waals surface area contributed by atoms with Crippen LogP contribution in [0.3, 0.4) is 0 Å². The molecule has 2 aromatic carbocycles. The first-order valence-electron chi connectivity index (χ1n) is 5.87. The lowest BCUT2D eigenvalue weighted by molar-refractivity contribution is 0.491. The van der Waals surface area contributed by atoms with E-state index in [1.165, 1.54) is 9.13 Å². The summed E-state index contributed by atoms with van der Waals surface area (Å²) in [7, 11) is 0. The average molecular weight is 451 g/mol. The lowest BCUT2D eigenvalue weighted by Gasteiger charge is -2.26. The molecule has 0 heterocycles. The Hall–Kier alpha value is -0.100. The van der Waals surface area contributed by atoms with Gasteiger partial charge in [0.1, 0.15) is 0 Å². The van der Waals surface area contributed by atoms with Gasteiger partial charge in [0.15, 0.2) is 0 Å². The monoisotopic (exact) mass is 449 g/mol. The van der Waals surface area contributed by atoms with E-state index in [1.54, 1.807) is 0 Å².